The summed E-state index contributed by atoms with van der Waals surface area (Å²) < 4.78 is 10.2. The molecule has 0 bridgehead atoms. The summed E-state index contributed by atoms with van der Waals surface area (Å²) >= 11 is 1.60. The molecule has 0 radical (unpaired) electrons. The van der Waals surface area contributed by atoms with Crippen molar-refractivity contribution in [3.8, 4) is 5.75 Å². The van der Waals surface area contributed by atoms with Gasteiger partial charge in [0.25, 0.3) is 0 Å². The van der Waals surface area contributed by atoms with E-state index in [0.29, 0.717) is 6.61 Å². The molecule has 2 aromatic rings. The van der Waals surface area contributed by atoms with Crippen molar-refractivity contribution in [2.45, 2.75) is 20.0 Å². The Bertz CT molecular complexity index is 738. The van der Waals surface area contributed by atoms with Crippen LogP contribution in [-0.4, -0.2) is 30.5 Å². The highest BCUT2D eigenvalue weighted by molar-refractivity contribution is 7.09. The molecule has 0 unspecified atom stereocenters. The topological polar surface area (TPSA) is 77.5 Å². The van der Waals surface area contributed by atoms with E-state index in [1.807, 2.05) is 36.6 Å². The predicted octanol–water partition coefficient (Wildman–Crippen LogP) is 2.72. The van der Waals surface area contributed by atoms with Gasteiger partial charge in [0.1, 0.15) is 12.4 Å². The van der Waals surface area contributed by atoms with Crippen LogP contribution < -0.4 is 10.1 Å². The third-order valence-corrected chi connectivity index (χ3v) is 4.04. The second-order valence-electron chi connectivity index (χ2n) is 5.17. The molecule has 25 heavy (non-hydrogen) atoms. The first kappa shape index (κ1) is 18.7. The summed E-state index contributed by atoms with van der Waals surface area (Å²) in [6.07, 6.45) is 3.27. The number of hydrogen-bond acceptors (Lipinski definition) is 6. The number of carbonyl (C=O) groups is 2. The number of aromatic nitrogens is 1. The van der Waals surface area contributed by atoms with E-state index in [1.165, 1.54) is 13.2 Å². The average Bonchev–Trinajstić information content (AvgIpc) is 3.04. The molecule has 0 aliphatic carbocycles. The molecular weight excluding hydrogens is 340 g/mol. The summed E-state index contributed by atoms with van der Waals surface area (Å²) in [5.41, 5.74) is 1.79. The highest BCUT2D eigenvalue weighted by Crippen LogP contribution is 2.16. The minimum atomic E-state index is -0.354. The molecule has 0 aliphatic heterocycles. The Morgan fingerprint density at radius 1 is 1.28 bits per heavy atom. The van der Waals surface area contributed by atoms with Crippen LogP contribution in [0.5, 0.6) is 5.75 Å². The van der Waals surface area contributed by atoms with Crippen molar-refractivity contribution in [3.63, 3.8) is 0 Å². The molecule has 7 heteroatoms. The van der Waals surface area contributed by atoms with Gasteiger partial charge in [0, 0.05) is 18.0 Å². The van der Waals surface area contributed by atoms with E-state index in [0.717, 1.165) is 22.0 Å². The van der Waals surface area contributed by atoms with Gasteiger partial charge in [-0.05, 0) is 30.7 Å². The van der Waals surface area contributed by atoms with Crippen LogP contribution in [0, 0.1) is 6.92 Å². The second-order valence-corrected chi connectivity index (χ2v) is 6.23. The Kier molecular flexibility index (Phi) is 7.16. The van der Waals surface area contributed by atoms with Crippen LogP contribution in [0.1, 0.15) is 22.7 Å². The lowest BCUT2D eigenvalue weighted by molar-refractivity contribution is -0.140. The summed E-state index contributed by atoms with van der Waals surface area (Å²) in [6, 6.07) is 7.40. The van der Waals surface area contributed by atoms with Crippen molar-refractivity contribution in [2.75, 3.05) is 13.7 Å². The van der Waals surface area contributed by atoms with Crippen LogP contribution >= 0.6 is 11.3 Å². The van der Waals surface area contributed by atoms with E-state index in [2.05, 4.69) is 15.0 Å². The third-order valence-electron chi connectivity index (χ3n) is 3.22. The summed E-state index contributed by atoms with van der Waals surface area (Å²) in [4.78, 5) is 26.9. The monoisotopic (exact) mass is 360 g/mol. The van der Waals surface area contributed by atoms with Crippen molar-refractivity contribution >= 4 is 29.3 Å². The van der Waals surface area contributed by atoms with Crippen molar-refractivity contribution in [3.05, 3.63) is 52.0 Å². The third kappa shape index (κ3) is 6.76. The average molecular weight is 360 g/mol. The number of nitrogens with zero attached hydrogens (tertiary/aromatic N) is 1. The standard InChI is InChI=1S/C18H20N2O4S/c1-13-20-15(12-25-13)11-24-16-6-3-14(4-7-16)5-8-17(21)19-10-9-18(22)23-2/h3-8,12H,9-11H2,1-2H3,(H,19,21)/b8-5+. The number of rotatable bonds is 8. The quantitative estimate of drug-likeness (QED) is 0.578. The van der Waals surface area contributed by atoms with Crippen molar-refractivity contribution in [2.24, 2.45) is 0 Å². The fourth-order valence-electron chi connectivity index (χ4n) is 1.93. The van der Waals surface area contributed by atoms with Crippen LogP contribution in [0.15, 0.2) is 35.7 Å². The van der Waals surface area contributed by atoms with E-state index in [1.54, 1.807) is 17.4 Å². The van der Waals surface area contributed by atoms with Crippen LogP contribution in [0.2, 0.25) is 0 Å². The number of esters is 1. The highest BCUT2D eigenvalue weighted by atomic mass is 32.1. The summed E-state index contributed by atoms with van der Waals surface area (Å²) in [5.74, 6) is 0.126. The number of nitrogens with one attached hydrogen (secondary N) is 1. The van der Waals surface area contributed by atoms with Gasteiger partial charge < -0.3 is 14.8 Å². The first-order valence-corrected chi connectivity index (χ1v) is 8.61. The molecule has 132 valence electrons. The Labute approximate surface area is 150 Å². The zero-order chi connectivity index (χ0) is 18.1. The summed E-state index contributed by atoms with van der Waals surface area (Å²) in [5, 5.41) is 5.61. The number of amides is 1. The van der Waals surface area contributed by atoms with Gasteiger partial charge in [-0.2, -0.15) is 0 Å². The molecule has 0 spiro atoms. The molecule has 1 aromatic carbocycles. The maximum Gasteiger partial charge on any atom is 0.307 e. The van der Waals surface area contributed by atoms with E-state index in [9.17, 15) is 9.59 Å². The highest BCUT2D eigenvalue weighted by Gasteiger charge is 2.02. The normalized spacial score (nSPS) is 10.6. The molecule has 6 nitrogen and oxygen atoms in total. The molecule has 0 fully saturated rings. The molecule has 0 saturated heterocycles. The number of ether oxygens (including phenoxy) is 2. The largest absolute Gasteiger partial charge is 0.487 e. The Hall–Kier alpha value is -2.67. The molecule has 1 N–H and O–H groups in total. The minimum absolute atomic E-state index is 0.153. The first-order chi connectivity index (χ1) is 12.1. The summed E-state index contributed by atoms with van der Waals surface area (Å²) in [6.45, 7) is 2.64. The maximum atomic E-state index is 11.6. The Balaban J connectivity index is 1.77. The number of thiazole rings is 1. The first-order valence-electron chi connectivity index (χ1n) is 7.73. The van der Waals surface area contributed by atoms with Crippen LogP contribution in [0.25, 0.3) is 6.08 Å². The smallest absolute Gasteiger partial charge is 0.307 e. The van der Waals surface area contributed by atoms with Crippen LogP contribution in [-0.2, 0) is 20.9 Å². The van der Waals surface area contributed by atoms with Crippen molar-refractivity contribution < 1.29 is 19.1 Å². The predicted molar refractivity (Wildman–Crippen MR) is 96.3 cm³/mol. The zero-order valence-corrected chi connectivity index (χ0v) is 15.0. The number of methoxy groups -OCH3 is 1. The van der Waals surface area contributed by atoms with Crippen molar-refractivity contribution in [1.82, 2.24) is 10.3 Å². The molecule has 0 saturated carbocycles. The molecule has 1 aromatic heterocycles. The van der Waals surface area contributed by atoms with Crippen LogP contribution in [0.4, 0.5) is 0 Å². The lowest BCUT2D eigenvalue weighted by Gasteiger charge is -2.04. The lowest BCUT2D eigenvalue weighted by atomic mass is 10.2. The maximum absolute atomic E-state index is 11.6. The Morgan fingerprint density at radius 3 is 2.68 bits per heavy atom. The van der Waals surface area contributed by atoms with Gasteiger partial charge in [-0.25, -0.2) is 4.98 Å². The van der Waals surface area contributed by atoms with Gasteiger partial charge in [0.15, 0.2) is 0 Å². The molecule has 2 rings (SSSR count). The van der Waals surface area contributed by atoms with E-state index >= 15 is 0 Å². The second kappa shape index (κ2) is 9.58. The molecule has 1 amide bonds. The fourth-order valence-corrected chi connectivity index (χ4v) is 2.52. The molecule has 0 aliphatic rings. The summed E-state index contributed by atoms with van der Waals surface area (Å²) in [7, 11) is 1.31. The lowest BCUT2D eigenvalue weighted by Crippen LogP contribution is -2.24. The van der Waals surface area contributed by atoms with Gasteiger partial charge in [-0.3, -0.25) is 9.59 Å². The van der Waals surface area contributed by atoms with E-state index in [4.69, 9.17) is 4.74 Å². The van der Waals surface area contributed by atoms with Crippen LogP contribution in [0.3, 0.4) is 0 Å². The number of carbonyl (C=O) groups excluding carboxylic acids is 2. The van der Waals surface area contributed by atoms with E-state index < -0.39 is 0 Å². The van der Waals surface area contributed by atoms with Gasteiger partial charge >= 0.3 is 5.97 Å². The van der Waals surface area contributed by atoms with Gasteiger partial charge in [-0.15, -0.1) is 11.3 Å². The number of aryl methyl sites for hydroxylation is 1. The number of benzene rings is 1. The van der Waals surface area contributed by atoms with Crippen molar-refractivity contribution in [1.29, 1.82) is 0 Å². The number of hydrogen-bond donors (Lipinski definition) is 1. The van der Waals surface area contributed by atoms with Gasteiger partial charge in [-0.1, -0.05) is 12.1 Å². The minimum Gasteiger partial charge on any atom is -0.487 e. The van der Waals surface area contributed by atoms with E-state index in [-0.39, 0.29) is 24.8 Å². The SMILES string of the molecule is COC(=O)CCNC(=O)/C=C/c1ccc(OCc2csc(C)n2)cc1. The molecular formula is C18H20N2O4S. The molecule has 1 heterocycles. The Morgan fingerprint density at radius 2 is 2.04 bits per heavy atom. The van der Waals surface area contributed by atoms with Gasteiger partial charge in [0.05, 0.1) is 24.2 Å². The zero-order valence-electron chi connectivity index (χ0n) is 14.2. The molecule has 0 atom stereocenters. The van der Waals surface area contributed by atoms with Gasteiger partial charge in [0.2, 0.25) is 5.91 Å². The fraction of sp³-hybridized carbons (Fsp3) is 0.278.